The van der Waals surface area contributed by atoms with Crippen molar-refractivity contribution in [2.75, 3.05) is 18.0 Å². The molecule has 10 heteroatoms. The summed E-state index contributed by atoms with van der Waals surface area (Å²) in [5, 5.41) is 3.40. The summed E-state index contributed by atoms with van der Waals surface area (Å²) in [5.74, 6) is -0.451. The molecule has 0 aromatic heterocycles. The van der Waals surface area contributed by atoms with Crippen LogP contribution in [0.3, 0.4) is 0 Å². The summed E-state index contributed by atoms with van der Waals surface area (Å²) in [6, 6.07) is 20.4. The summed E-state index contributed by atoms with van der Waals surface area (Å²) in [4.78, 5) is 28.4. The van der Waals surface area contributed by atoms with Crippen LogP contribution < -0.4 is 14.4 Å². The number of benzene rings is 3. The van der Waals surface area contributed by atoms with E-state index in [2.05, 4.69) is 5.32 Å². The maximum Gasteiger partial charge on any atom is 0.264 e. The van der Waals surface area contributed by atoms with E-state index in [1.165, 1.54) is 24.1 Å². The van der Waals surface area contributed by atoms with Crippen molar-refractivity contribution < 1.29 is 22.7 Å². The van der Waals surface area contributed by atoms with Gasteiger partial charge >= 0.3 is 0 Å². The molecule has 0 heterocycles. The molecule has 3 aromatic carbocycles. The van der Waals surface area contributed by atoms with E-state index in [9.17, 15) is 18.0 Å². The van der Waals surface area contributed by atoms with Crippen LogP contribution in [0.15, 0.2) is 83.8 Å². The zero-order chi connectivity index (χ0) is 28.6. The number of anilines is 1. The number of hydrogen-bond donors (Lipinski definition) is 1. The molecule has 0 saturated carbocycles. The molecule has 208 valence electrons. The van der Waals surface area contributed by atoms with Crippen molar-refractivity contribution in [3.05, 3.63) is 89.4 Å². The fourth-order valence-electron chi connectivity index (χ4n) is 3.89. The molecule has 0 fully saturated rings. The van der Waals surface area contributed by atoms with Crippen molar-refractivity contribution in [2.24, 2.45) is 0 Å². The maximum atomic E-state index is 13.9. The Bertz CT molecular complexity index is 1380. The molecule has 0 saturated heterocycles. The second kappa shape index (κ2) is 13.5. The normalized spacial score (nSPS) is 12.7. The molecule has 0 aliphatic carbocycles. The predicted octanol–water partition coefficient (Wildman–Crippen LogP) is 4.88. The van der Waals surface area contributed by atoms with Gasteiger partial charge in [0.25, 0.3) is 10.0 Å². The third kappa shape index (κ3) is 7.74. The average Bonchev–Trinajstić information content (AvgIpc) is 2.94. The number of nitrogens with zero attached hydrogens (tertiary/aromatic N) is 2. The number of rotatable bonds is 12. The van der Waals surface area contributed by atoms with Gasteiger partial charge < -0.3 is 15.0 Å². The summed E-state index contributed by atoms with van der Waals surface area (Å²) >= 11 is 6.18. The molecule has 0 unspecified atom stereocenters. The van der Waals surface area contributed by atoms with E-state index in [0.29, 0.717) is 16.3 Å². The second-order valence-electron chi connectivity index (χ2n) is 9.17. The maximum absolute atomic E-state index is 13.9. The van der Waals surface area contributed by atoms with Gasteiger partial charge in [0.1, 0.15) is 18.3 Å². The zero-order valence-electron chi connectivity index (χ0n) is 22.5. The van der Waals surface area contributed by atoms with Crippen molar-refractivity contribution >= 4 is 39.1 Å². The molecule has 0 bridgehead atoms. The molecule has 3 rings (SSSR count). The lowest BCUT2D eigenvalue weighted by molar-refractivity contribution is -0.139. The SMILES string of the molecule is CC[C@H](C)NC(=O)[C@H](C)N(Cc1cccc(Cl)c1)C(=O)CN(c1cccc(OC)c1)S(=O)(=O)c1ccccc1. The highest BCUT2D eigenvalue weighted by atomic mass is 35.5. The number of methoxy groups -OCH3 is 1. The van der Waals surface area contributed by atoms with Crippen molar-refractivity contribution in [3.8, 4) is 5.75 Å². The van der Waals surface area contributed by atoms with Gasteiger partial charge in [-0.25, -0.2) is 8.42 Å². The molecular weight excluding hydrogens is 538 g/mol. The number of carbonyl (C=O) groups is 2. The van der Waals surface area contributed by atoms with Crippen LogP contribution in [0.4, 0.5) is 5.69 Å². The number of ether oxygens (including phenoxy) is 1. The number of amides is 2. The molecule has 8 nitrogen and oxygen atoms in total. The summed E-state index contributed by atoms with van der Waals surface area (Å²) in [5.41, 5.74) is 0.962. The number of hydrogen-bond acceptors (Lipinski definition) is 5. The first-order chi connectivity index (χ1) is 18.6. The Kier molecular flexibility index (Phi) is 10.4. The molecule has 0 aliphatic rings. The summed E-state index contributed by atoms with van der Waals surface area (Å²) < 4.78 is 33.9. The molecular formula is C29H34ClN3O5S. The van der Waals surface area contributed by atoms with Crippen LogP contribution in [0, 0.1) is 0 Å². The van der Waals surface area contributed by atoms with E-state index in [0.717, 1.165) is 10.7 Å². The lowest BCUT2D eigenvalue weighted by Gasteiger charge is -2.32. The van der Waals surface area contributed by atoms with Gasteiger partial charge in [0.15, 0.2) is 0 Å². The monoisotopic (exact) mass is 571 g/mol. The Morgan fingerprint density at radius 2 is 1.67 bits per heavy atom. The van der Waals surface area contributed by atoms with Crippen LogP contribution in [0.2, 0.25) is 5.02 Å². The highest BCUT2D eigenvalue weighted by molar-refractivity contribution is 7.92. The minimum Gasteiger partial charge on any atom is -0.497 e. The van der Waals surface area contributed by atoms with Gasteiger partial charge in [-0.1, -0.05) is 54.9 Å². The Morgan fingerprint density at radius 1 is 0.974 bits per heavy atom. The quantitative estimate of drug-likeness (QED) is 0.334. The highest BCUT2D eigenvalue weighted by Gasteiger charge is 2.33. The lowest BCUT2D eigenvalue weighted by atomic mass is 10.1. The van der Waals surface area contributed by atoms with Crippen LogP contribution in [0.1, 0.15) is 32.8 Å². The molecule has 1 N–H and O–H groups in total. The van der Waals surface area contributed by atoms with E-state index < -0.39 is 28.5 Å². The molecule has 0 aliphatic heterocycles. The summed E-state index contributed by atoms with van der Waals surface area (Å²) in [7, 11) is -2.67. The Morgan fingerprint density at radius 3 is 2.31 bits per heavy atom. The van der Waals surface area contributed by atoms with E-state index in [1.807, 2.05) is 13.8 Å². The Hall–Kier alpha value is -3.56. The fourth-order valence-corrected chi connectivity index (χ4v) is 5.53. The smallest absolute Gasteiger partial charge is 0.264 e. The third-order valence-electron chi connectivity index (χ3n) is 6.36. The minimum absolute atomic E-state index is 0.0320. The van der Waals surface area contributed by atoms with Crippen molar-refractivity contribution in [1.29, 1.82) is 0 Å². The number of halogens is 1. The second-order valence-corrected chi connectivity index (χ2v) is 11.5. The highest BCUT2D eigenvalue weighted by Crippen LogP contribution is 2.27. The van der Waals surface area contributed by atoms with E-state index in [-0.39, 0.29) is 29.1 Å². The largest absolute Gasteiger partial charge is 0.497 e. The van der Waals surface area contributed by atoms with E-state index in [4.69, 9.17) is 16.3 Å². The van der Waals surface area contributed by atoms with Crippen LogP contribution >= 0.6 is 11.6 Å². The Balaban J connectivity index is 2.03. The first-order valence-electron chi connectivity index (χ1n) is 12.6. The lowest BCUT2D eigenvalue weighted by Crippen LogP contribution is -2.52. The topological polar surface area (TPSA) is 96.0 Å². The van der Waals surface area contributed by atoms with Gasteiger partial charge in [0.05, 0.1) is 17.7 Å². The van der Waals surface area contributed by atoms with Gasteiger partial charge in [-0.15, -0.1) is 0 Å². The first kappa shape index (κ1) is 30.0. The summed E-state index contributed by atoms with van der Waals surface area (Å²) in [6.45, 7) is 4.98. The number of sulfonamides is 1. The molecule has 0 radical (unpaired) electrons. The number of nitrogens with one attached hydrogen (secondary N) is 1. The average molecular weight is 572 g/mol. The third-order valence-corrected chi connectivity index (χ3v) is 8.38. The van der Waals surface area contributed by atoms with Gasteiger partial charge in [-0.2, -0.15) is 0 Å². The fraction of sp³-hybridized carbons (Fsp3) is 0.310. The van der Waals surface area contributed by atoms with Crippen molar-refractivity contribution in [3.63, 3.8) is 0 Å². The zero-order valence-corrected chi connectivity index (χ0v) is 24.1. The minimum atomic E-state index is -4.15. The van der Waals surface area contributed by atoms with Gasteiger partial charge in [0, 0.05) is 23.7 Å². The van der Waals surface area contributed by atoms with Gasteiger partial charge in [0.2, 0.25) is 11.8 Å². The number of carbonyl (C=O) groups excluding carboxylic acids is 2. The van der Waals surface area contributed by atoms with Crippen LogP contribution in [0.25, 0.3) is 0 Å². The Labute approximate surface area is 235 Å². The molecule has 3 aromatic rings. The standard InChI is InChI=1S/C29H34ClN3O5S/c1-5-21(2)31-29(35)22(3)32(19-23-11-9-12-24(30)17-23)28(34)20-33(25-13-10-14-26(18-25)38-4)39(36,37)27-15-7-6-8-16-27/h6-18,21-22H,5,19-20H2,1-4H3,(H,31,35)/t21-,22-/m0/s1. The van der Waals surface area contributed by atoms with Crippen LogP contribution in [-0.2, 0) is 26.2 Å². The van der Waals surface area contributed by atoms with E-state index in [1.54, 1.807) is 73.7 Å². The molecule has 2 amide bonds. The van der Waals surface area contributed by atoms with Crippen molar-refractivity contribution in [1.82, 2.24) is 10.2 Å². The van der Waals surface area contributed by atoms with Crippen LogP contribution in [0.5, 0.6) is 5.75 Å². The molecule has 39 heavy (non-hydrogen) atoms. The van der Waals surface area contributed by atoms with Crippen LogP contribution in [-0.4, -0.2) is 50.9 Å². The van der Waals surface area contributed by atoms with Gasteiger partial charge in [-0.3, -0.25) is 13.9 Å². The molecule has 2 atom stereocenters. The first-order valence-corrected chi connectivity index (χ1v) is 14.4. The predicted molar refractivity (Wildman–Crippen MR) is 153 cm³/mol. The summed E-state index contributed by atoms with van der Waals surface area (Å²) in [6.07, 6.45) is 0.722. The van der Waals surface area contributed by atoms with Crippen molar-refractivity contribution in [2.45, 2.75) is 50.7 Å². The van der Waals surface area contributed by atoms with Gasteiger partial charge in [-0.05, 0) is 62.2 Å². The molecule has 0 spiro atoms. The van der Waals surface area contributed by atoms with E-state index >= 15 is 0 Å².